The molecular weight excluding hydrogens is 420 g/mol. The zero-order valence-corrected chi connectivity index (χ0v) is 15.5. The van der Waals surface area contributed by atoms with Crippen molar-refractivity contribution in [2.24, 2.45) is 10.9 Å². The number of rotatable bonds is 5. The highest BCUT2D eigenvalue weighted by Gasteiger charge is 2.43. The first-order valence-corrected chi connectivity index (χ1v) is 9.13. The third-order valence-electron chi connectivity index (χ3n) is 4.78. The molecule has 166 valence electrons. The summed E-state index contributed by atoms with van der Waals surface area (Å²) in [5.74, 6) is -1.01. The Kier molecular flexibility index (Phi) is 6.16. The van der Waals surface area contributed by atoms with Crippen LogP contribution in [0.3, 0.4) is 0 Å². The standard InChI is InChI=1S/C18H19F6N3O3/c19-17(20,21)8-7-13-25-15-12(5-6-14(28)26-15)16(29)27(13)10-1-3-11(4-2-10)30-9-18(22,23)24/h1-4,12,15-16,29H,5-9H2,(H,26,28). The van der Waals surface area contributed by atoms with Gasteiger partial charge >= 0.3 is 12.4 Å². The molecule has 0 aromatic heterocycles. The van der Waals surface area contributed by atoms with Gasteiger partial charge in [-0.15, -0.1) is 0 Å². The number of benzene rings is 1. The fraction of sp³-hybridized carbons (Fsp3) is 0.556. The number of alkyl halides is 6. The third-order valence-corrected chi connectivity index (χ3v) is 4.78. The number of aliphatic imine (C=N–C) groups is 1. The number of halogens is 6. The highest BCUT2D eigenvalue weighted by molar-refractivity contribution is 5.99. The van der Waals surface area contributed by atoms with Crippen LogP contribution in [0.4, 0.5) is 32.0 Å². The molecule has 0 aliphatic carbocycles. The molecule has 6 nitrogen and oxygen atoms in total. The Morgan fingerprint density at radius 1 is 1.13 bits per heavy atom. The van der Waals surface area contributed by atoms with Crippen LogP contribution in [-0.4, -0.2) is 48.2 Å². The van der Waals surface area contributed by atoms with Gasteiger partial charge in [-0.3, -0.25) is 4.79 Å². The minimum absolute atomic E-state index is 0.0766. The normalized spacial score (nSPS) is 24.8. The molecule has 1 fully saturated rings. The molecule has 1 aromatic carbocycles. The average molecular weight is 439 g/mol. The number of nitrogens with one attached hydrogen (secondary N) is 1. The Morgan fingerprint density at radius 3 is 2.40 bits per heavy atom. The van der Waals surface area contributed by atoms with E-state index in [1.54, 1.807) is 0 Å². The van der Waals surface area contributed by atoms with Crippen molar-refractivity contribution in [2.75, 3.05) is 11.5 Å². The van der Waals surface area contributed by atoms with Gasteiger partial charge in [-0.2, -0.15) is 26.3 Å². The van der Waals surface area contributed by atoms with Crippen molar-refractivity contribution in [3.05, 3.63) is 24.3 Å². The van der Waals surface area contributed by atoms with E-state index in [1.807, 2.05) is 0 Å². The number of hydrogen-bond acceptors (Lipinski definition) is 5. The maximum Gasteiger partial charge on any atom is 0.422 e. The van der Waals surface area contributed by atoms with Gasteiger partial charge in [0.25, 0.3) is 0 Å². The lowest BCUT2D eigenvalue weighted by Gasteiger charge is -2.44. The van der Waals surface area contributed by atoms with Gasteiger partial charge in [-0.1, -0.05) is 0 Å². The average Bonchev–Trinajstić information content (AvgIpc) is 2.64. The summed E-state index contributed by atoms with van der Waals surface area (Å²) in [5, 5.41) is 13.4. The second-order valence-electron chi connectivity index (χ2n) is 7.06. The first-order chi connectivity index (χ1) is 13.9. The monoisotopic (exact) mass is 439 g/mol. The number of carbonyl (C=O) groups excluding carboxylic acids is 1. The zero-order valence-electron chi connectivity index (χ0n) is 15.5. The van der Waals surface area contributed by atoms with Crippen molar-refractivity contribution in [2.45, 2.75) is 50.4 Å². The van der Waals surface area contributed by atoms with Gasteiger partial charge < -0.3 is 20.1 Å². The number of piperidine rings is 1. The van der Waals surface area contributed by atoms with Crippen molar-refractivity contribution in [1.29, 1.82) is 0 Å². The molecule has 2 aliphatic rings. The van der Waals surface area contributed by atoms with Crippen LogP contribution in [0.5, 0.6) is 5.75 Å². The topological polar surface area (TPSA) is 74.2 Å². The van der Waals surface area contributed by atoms with Gasteiger partial charge in [0.05, 0.1) is 6.42 Å². The molecule has 30 heavy (non-hydrogen) atoms. The Hall–Kier alpha value is -2.50. The summed E-state index contributed by atoms with van der Waals surface area (Å²) in [6.07, 6.45) is -12.4. The number of ether oxygens (including phenoxy) is 1. The van der Waals surface area contributed by atoms with Crippen molar-refractivity contribution < 1.29 is 41.0 Å². The molecule has 2 heterocycles. The summed E-state index contributed by atoms with van der Waals surface area (Å²) < 4.78 is 79.7. The van der Waals surface area contributed by atoms with Crippen LogP contribution in [0, 0.1) is 5.92 Å². The maximum atomic E-state index is 12.8. The SMILES string of the molecule is O=C1CCC2C(N=C(CCC(F)(F)F)N(c3ccc(OCC(F)(F)F)cc3)C2O)N1. The predicted molar refractivity (Wildman–Crippen MR) is 93.9 cm³/mol. The molecule has 0 bridgehead atoms. The number of carbonyl (C=O) groups is 1. The van der Waals surface area contributed by atoms with E-state index in [0.29, 0.717) is 0 Å². The summed E-state index contributed by atoms with van der Waals surface area (Å²) >= 11 is 0. The molecule has 0 radical (unpaired) electrons. The highest BCUT2D eigenvalue weighted by atomic mass is 19.4. The largest absolute Gasteiger partial charge is 0.484 e. The first-order valence-electron chi connectivity index (χ1n) is 9.13. The fourth-order valence-electron chi connectivity index (χ4n) is 3.42. The highest BCUT2D eigenvalue weighted by Crippen LogP contribution is 2.35. The van der Waals surface area contributed by atoms with E-state index in [-0.39, 0.29) is 36.0 Å². The molecule has 3 unspecified atom stereocenters. The lowest BCUT2D eigenvalue weighted by Crippen LogP contribution is -2.59. The van der Waals surface area contributed by atoms with E-state index in [2.05, 4.69) is 15.0 Å². The van der Waals surface area contributed by atoms with E-state index in [0.717, 1.165) is 0 Å². The van der Waals surface area contributed by atoms with Crippen molar-refractivity contribution in [1.82, 2.24) is 5.32 Å². The van der Waals surface area contributed by atoms with Crippen LogP contribution >= 0.6 is 0 Å². The van der Waals surface area contributed by atoms with E-state index < -0.39 is 50.1 Å². The molecule has 1 aromatic rings. The molecular formula is C18H19F6N3O3. The number of hydrogen-bond donors (Lipinski definition) is 2. The summed E-state index contributed by atoms with van der Waals surface area (Å²) in [5.41, 5.74) is 0.248. The first kappa shape index (κ1) is 22.2. The van der Waals surface area contributed by atoms with Gasteiger partial charge in [0.2, 0.25) is 5.91 Å². The number of amides is 1. The van der Waals surface area contributed by atoms with Crippen molar-refractivity contribution in [3.63, 3.8) is 0 Å². The number of nitrogens with zero attached hydrogens (tertiary/aromatic N) is 2. The Labute approximate surface area is 167 Å². The lowest BCUT2D eigenvalue weighted by atomic mass is 9.91. The van der Waals surface area contributed by atoms with Gasteiger partial charge in [0.1, 0.15) is 24.0 Å². The van der Waals surface area contributed by atoms with Crippen molar-refractivity contribution in [3.8, 4) is 5.75 Å². The fourth-order valence-corrected chi connectivity index (χ4v) is 3.42. The smallest absolute Gasteiger partial charge is 0.422 e. The second kappa shape index (κ2) is 8.32. The van der Waals surface area contributed by atoms with E-state index in [9.17, 15) is 36.2 Å². The number of amidine groups is 1. The maximum absolute atomic E-state index is 12.8. The quantitative estimate of drug-likeness (QED) is 0.691. The number of fused-ring (bicyclic) bond motifs is 1. The number of anilines is 1. The molecule has 2 aliphatic heterocycles. The molecule has 0 spiro atoms. The van der Waals surface area contributed by atoms with Gasteiger partial charge in [0, 0.05) is 24.4 Å². The summed E-state index contributed by atoms with van der Waals surface area (Å²) in [7, 11) is 0. The molecule has 3 rings (SSSR count). The van der Waals surface area contributed by atoms with Crippen LogP contribution in [0.25, 0.3) is 0 Å². The van der Waals surface area contributed by atoms with Gasteiger partial charge in [-0.05, 0) is 30.7 Å². The van der Waals surface area contributed by atoms with Crippen molar-refractivity contribution >= 4 is 17.4 Å². The summed E-state index contributed by atoms with van der Waals surface area (Å²) in [4.78, 5) is 17.1. The Balaban J connectivity index is 1.85. The van der Waals surface area contributed by atoms with Crippen LogP contribution in [0.2, 0.25) is 0 Å². The van der Waals surface area contributed by atoms with E-state index in [1.165, 1.54) is 29.2 Å². The van der Waals surface area contributed by atoms with Crippen LogP contribution in [0.15, 0.2) is 29.3 Å². The molecule has 0 saturated carbocycles. The minimum Gasteiger partial charge on any atom is -0.484 e. The Bertz CT molecular complexity index is 794. The van der Waals surface area contributed by atoms with E-state index >= 15 is 0 Å². The summed E-state index contributed by atoms with van der Waals surface area (Å²) in [6, 6.07) is 5.12. The van der Waals surface area contributed by atoms with Gasteiger partial charge in [-0.25, -0.2) is 4.99 Å². The zero-order chi connectivity index (χ0) is 22.1. The third kappa shape index (κ3) is 5.55. The van der Waals surface area contributed by atoms with Gasteiger partial charge in [0.15, 0.2) is 6.61 Å². The lowest BCUT2D eigenvalue weighted by molar-refractivity contribution is -0.153. The summed E-state index contributed by atoms with van der Waals surface area (Å²) in [6.45, 7) is -1.49. The second-order valence-corrected chi connectivity index (χ2v) is 7.06. The van der Waals surface area contributed by atoms with Crippen LogP contribution < -0.4 is 15.0 Å². The predicted octanol–water partition coefficient (Wildman–Crippen LogP) is 3.36. The molecule has 1 saturated heterocycles. The number of aliphatic hydroxyl groups is 1. The van der Waals surface area contributed by atoms with Crippen LogP contribution in [0.1, 0.15) is 25.7 Å². The molecule has 2 N–H and O–H groups in total. The number of aliphatic hydroxyl groups excluding tert-OH is 1. The Morgan fingerprint density at radius 2 is 1.80 bits per heavy atom. The van der Waals surface area contributed by atoms with Crippen LogP contribution in [-0.2, 0) is 4.79 Å². The molecule has 3 atom stereocenters. The molecule has 12 heteroatoms. The van der Waals surface area contributed by atoms with E-state index in [4.69, 9.17) is 0 Å². The molecule has 1 amide bonds. The minimum atomic E-state index is -4.51.